The fourth-order valence-corrected chi connectivity index (χ4v) is 6.50. The van der Waals surface area contributed by atoms with Gasteiger partial charge in [-0.15, -0.1) is 0 Å². The van der Waals surface area contributed by atoms with Crippen LogP contribution in [0, 0.1) is 29.5 Å². The van der Waals surface area contributed by atoms with Crippen molar-refractivity contribution in [2.75, 3.05) is 11.5 Å². The van der Waals surface area contributed by atoms with E-state index in [0.717, 1.165) is 25.0 Å². The Morgan fingerprint density at radius 2 is 1.57 bits per heavy atom. The highest BCUT2D eigenvalue weighted by Gasteiger charge is 2.64. The summed E-state index contributed by atoms with van der Waals surface area (Å²) in [7, 11) is 0. The van der Waals surface area contributed by atoms with Gasteiger partial charge in [0.05, 0.1) is 23.1 Å². The topological polar surface area (TPSA) is 80.8 Å². The van der Waals surface area contributed by atoms with Gasteiger partial charge in [0.15, 0.2) is 12.4 Å². The van der Waals surface area contributed by atoms with Crippen LogP contribution in [0.5, 0.6) is 0 Å². The Balaban J connectivity index is 1.18. The highest BCUT2D eigenvalue weighted by atomic mass is 19.1. The third-order valence-corrected chi connectivity index (χ3v) is 8.08. The number of ether oxygens (including phenoxy) is 1. The quantitative estimate of drug-likeness (QED) is 0.278. The third kappa shape index (κ3) is 3.95. The zero-order valence-electron chi connectivity index (χ0n) is 19.9. The minimum absolute atomic E-state index is 0.129. The van der Waals surface area contributed by atoms with Gasteiger partial charge in [-0.3, -0.25) is 19.3 Å². The fraction of sp³-hybridized carbons (Fsp3) is 0.267. The van der Waals surface area contributed by atoms with Crippen LogP contribution in [0.3, 0.4) is 0 Å². The first kappa shape index (κ1) is 23.3. The van der Waals surface area contributed by atoms with Crippen molar-refractivity contribution in [3.8, 4) is 0 Å². The number of anilines is 1. The molecule has 2 aliphatic carbocycles. The van der Waals surface area contributed by atoms with E-state index < -0.39 is 24.2 Å². The van der Waals surface area contributed by atoms with Crippen molar-refractivity contribution in [3.05, 3.63) is 101 Å². The number of carbonyl (C=O) groups excluding carboxylic acids is 4. The van der Waals surface area contributed by atoms with E-state index in [1.165, 1.54) is 34.7 Å². The zero-order valence-corrected chi connectivity index (χ0v) is 19.9. The number of ketones is 1. The number of halogens is 1. The van der Waals surface area contributed by atoms with Crippen LogP contribution in [-0.2, 0) is 14.3 Å². The number of Topliss-reactive ketones (excluding diaryl/α,β-unsaturated/α-hetero) is 1. The van der Waals surface area contributed by atoms with Gasteiger partial charge in [-0.1, -0.05) is 36.4 Å². The molecule has 2 bridgehead atoms. The molecule has 3 aromatic rings. The second-order valence-corrected chi connectivity index (χ2v) is 10.0. The first-order valence-electron chi connectivity index (χ1n) is 12.4. The first-order valence-corrected chi connectivity index (χ1v) is 12.4. The van der Waals surface area contributed by atoms with E-state index in [1.807, 2.05) is 18.2 Å². The summed E-state index contributed by atoms with van der Waals surface area (Å²) < 4.78 is 18.2. The van der Waals surface area contributed by atoms with E-state index in [2.05, 4.69) is 12.1 Å². The Morgan fingerprint density at radius 3 is 2.32 bits per heavy atom. The normalized spacial score (nSPS) is 25.9. The molecule has 0 radical (unpaired) electrons. The monoisotopic (exact) mass is 497 g/mol. The molecule has 2 saturated carbocycles. The first-order chi connectivity index (χ1) is 17.9. The van der Waals surface area contributed by atoms with E-state index in [4.69, 9.17) is 4.74 Å². The van der Waals surface area contributed by atoms with Crippen molar-refractivity contribution in [1.82, 2.24) is 0 Å². The standard InChI is InChI=1S/C30H24FNO5/c31-21-11-9-18(10-12-21)25(33)16-37-30(36)19-7-4-8-22(13-19)32-28(34)26-20-14-23(17-5-2-1-3-6-17)24(15-20)27(26)29(32)35/h1-13,20,23-24,26-27H,14-16H2/t20-,23-,24+,26+,27-/m0/s1. The minimum Gasteiger partial charge on any atom is -0.454 e. The number of esters is 1. The van der Waals surface area contributed by atoms with Crippen LogP contribution < -0.4 is 4.90 Å². The number of rotatable bonds is 6. The Hall–Kier alpha value is -4.13. The van der Waals surface area contributed by atoms with Crippen molar-refractivity contribution in [1.29, 1.82) is 0 Å². The summed E-state index contributed by atoms with van der Waals surface area (Å²) in [5, 5.41) is 0. The van der Waals surface area contributed by atoms with E-state index in [0.29, 0.717) is 5.69 Å². The molecule has 3 fully saturated rings. The van der Waals surface area contributed by atoms with Gasteiger partial charge < -0.3 is 4.74 Å². The fourth-order valence-electron chi connectivity index (χ4n) is 6.50. The van der Waals surface area contributed by atoms with Crippen molar-refractivity contribution in [3.63, 3.8) is 0 Å². The average molecular weight is 498 g/mol. The molecule has 3 aliphatic rings. The predicted molar refractivity (Wildman–Crippen MR) is 132 cm³/mol. The Labute approximate surface area is 213 Å². The lowest BCUT2D eigenvalue weighted by atomic mass is 9.73. The number of hydrogen-bond acceptors (Lipinski definition) is 5. The maximum atomic E-state index is 13.6. The summed E-state index contributed by atoms with van der Waals surface area (Å²) in [6.07, 6.45) is 1.78. The molecule has 0 N–H and O–H groups in total. The van der Waals surface area contributed by atoms with Gasteiger partial charge in [0, 0.05) is 5.56 Å². The van der Waals surface area contributed by atoms with Gasteiger partial charge in [-0.05, 0) is 78.6 Å². The van der Waals surface area contributed by atoms with Gasteiger partial charge in [-0.2, -0.15) is 0 Å². The number of amides is 2. The minimum atomic E-state index is -0.749. The van der Waals surface area contributed by atoms with Crippen LogP contribution in [0.4, 0.5) is 10.1 Å². The molecule has 0 unspecified atom stereocenters. The van der Waals surface area contributed by atoms with Crippen LogP contribution in [-0.4, -0.2) is 30.2 Å². The second kappa shape index (κ2) is 9.07. The molecular formula is C30H24FNO5. The molecule has 6 rings (SSSR count). The maximum Gasteiger partial charge on any atom is 0.338 e. The molecular weight excluding hydrogens is 473 g/mol. The molecule has 37 heavy (non-hydrogen) atoms. The van der Waals surface area contributed by atoms with Crippen LogP contribution in [0.1, 0.15) is 45.0 Å². The lowest BCUT2D eigenvalue weighted by Crippen LogP contribution is -2.33. The molecule has 186 valence electrons. The molecule has 0 aromatic heterocycles. The van der Waals surface area contributed by atoms with Gasteiger partial charge in [0.2, 0.25) is 11.8 Å². The van der Waals surface area contributed by atoms with Gasteiger partial charge >= 0.3 is 5.97 Å². The molecule has 2 amide bonds. The van der Waals surface area contributed by atoms with Crippen molar-refractivity contribution in [2.45, 2.75) is 18.8 Å². The van der Waals surface area contributed by atoms with E-state index in [-0.39, 0.29) is 52.5 Å². The summed E-state index contributed by atoms with van der Waals surface area (Å²) in [5.74, 6) is -2.19. The molecule has 1 saturated heterocycles. The van der Waals surface area contributed by atoms with Crippen LogP contribution in [0.2, 0.25) is 0 Å². The highest BCUT2D eigenvalue weighted by molar-refractivity contribution is 6.23. The zero-order chi connectivity index (χ0) is 25.7. The van der Waals surface area contributed by atoms with E-state index in [9.17, 15) is 23.6 Å². The molecule has 1 heterocycles. The number of nitrogens with zero attached hydrogens (tertiary/aromatic N) is 1. The Morgan fingerprint density at radius 1 is 0.838 bits per heavy atom. The van der Waals surface area contributed by atoms with Gasteiger partial charge in [-0.25, -0.2) is 9.18 Å². The van der Waals surface area contributed by atoms with Crippen LogP contribution >= 0.6 is 0 Å². The van der Waals surface area contributed by atoms with E-state index in [1.54, 1.807) is 12.1 Å². The molecule has 7 heteroatoms. The largest absolute Gasteiger partial charge is 0.454 e. The Bertz CT molecular complexity index is 1400. The number of imide groups is 1. The predicted octanol–water partition coefficient (Wildman–Crippen LogP) is 4.79. The number of carbonyl (C=O) groups is 4. The number of hydrogen-bond donors (Lipinski definition) is 0. The highest BCUT2D eigenvalue weighted by Crippen LogP contribution is 2.61. The lowest BCUT2D eigenvalue weighted by Gasteiger charge is -2.28. The summed E-state index contributed by atoms with van der Waals surface area (Å²) in [6.45, 7) is -0.509. The summed E-state index contributed by atoms with van der Waals surface area (Å²) in [6, 6.07) is 21.3. The summed E-state index contributed by atoms with van der Waals surface area (Å²) in [5.41, 5.74) is 1.91. The van der Waals surface area contributed by atoms with Crippen LogP contribution in [0.15, 0.2) is 78.9 Å². The molecule has 6 nitrogen and oxygen atoms in total. The average Bonchev–Trinajstić information content (AvgIpc) is 3.59. The SMILES string of the molecule is O=C(COC(=O)c1cccc(N2C(=O)[C@@H]3[C@@H]4C[C@@H]([C@@H]3C2=O)[C@H](c2ccccc2)C4)c1)c1ccc(F)cc1. The van der Waals surface area contributed by atoms with Crippen molar-refractivity contribution >= 4 is 29.3 Å². The number of fused-ring (bicyclic) bond motifs is 5. The summed E-state index contributed by atoms with van der Waals surface area (Å²) in [4.78, 5) is 53.1. The van der Waals surface area contributed by atoms with Crippen LogP contribution in [0.25, 0.3) is 0 Å². The maximum absolute atomic E-state index is 13.6. The third-order valence-electron chi connectivity index (χ3n) is 8.08. The molecule has 1 aliphatic heterocycles. The van der Waals surface area contributed by atoms with Crippen molar-refractivity contribution in [2.24, 2.45) is 23.7 Å². The Kier molecular flexibility index (Phi) is 5.71. The molecule has 0 spiro atoms. The second-order valence-electron chi connectivity index (χ2n) is 10.0. The van der Waals surface area contributed by atoms with E-state index >= 15 is 0 Å². The van der Waals surface area contributed by atoms with Gasteiger partial charge in [0.25, 0.3) is 0 Å². The van der Waals surface area contributed by atoms with Crippen molar-refractivity contribution < 1.29 is 28.3 Å². The van der Waals surface area contributed by atoms with Gasteiger partial charge in [0.1, 0.15) is 5.82 Å². The molecule has 5 atom stereocenters. The number of benzene rings is 3. The summed E-state index contributed by atoms with van der Waals surface area (Å²) >= 11 is 0. The smallest absolute Gasteiger partial charge is 0.338 e. The molecule has 3 aromatic carbocycles. The lowest BCUT2D eigenvalue weighted by molar-refractivity contribution is -0.123.